The van der Waals surface area contributed by atoms with Gasteiger partial charge < -0.3 is 11.1 Å². The number of piperazine rings is 1. The van der Waals surface area contributed by atoms with Crippen molar-refractivity contribution in [2.75, 3.05) is 45.8 Å². The van der Waals surface area contributed by atoms with E-state index < -0.39 is 0 Å². The van der Waals surface area contributed by atoms with E-state index in [-0.39, 0.29) is 5.91 Å². The standard InChI is InChI=1S/C15H30N4O/c1-13-3-2-4-14(11-13)17-15(20)12-19-9-7-18(6-5-16)8-10-19/h13-14H,2-12,16H2,1H3,(H,17,20). The first kappa shape index (κ1) is 15.7. The Bertz CT molecular complexity index is 302. The lowest BCUT2D eigenvalue weighted by atomic mass is 9.87. The summed E-state index contributed by atoms with van der Waals surface area (Å²) in [4.78, 5) is 16.7. The summed E-state index contributed by atoms with van der Waals surface area (Å²) in [5.41, 5.74) is 5.57. The number of rotatable bonds is 5. The molecule has 2 unspecified atom stereocenters. The fourth-order valence-electron chi connectivity index (χ4n) is 3.40. The summed E-state index contributed by atoms with van der Waals surface area (Å²) in [5.74, 6) is 0.963. The first-order valence-electron chi connectivity index (χ1n) is 8.11. The summed E-state index contributed by atoms with van der Waals surface area (Å²) in [6.45, 7) is 8.57. The molecule has 0 bridgehead atoms. The van der Waals surface area contributed by atoms with Crippen molar-refractivity contribution >= 4 is 5.91 Å². The second kappa shape index (κ2) is 7.96. The largest absolute Gasteiger partial charge is 0.352 e. The summed E-state index contributed by atoms with van der Waals surface area (Å²) >= 11 is 0. The van der Waals surface area contributed by atoms with Crippen LogP contribution in [-0.4, -0.2) is 67.6 Å². The molecule has 1 saturated carbocycles. The minimum atomic E-state index is 0.205. The molecule has 0 aromatic rings. The Balaban J connectivity index is 1.65. The number of nitrogens with one attached hydrogen (secondary N) is 1. The van der Waals surface area contributed by atoms with Crippen molar-refractivity contribution in [3.05, 3.63) is 0 Å². The van der Waals surface area contributed by atoms with Crippen LogP contribution < -0.4 is 11.1 Å². The van der Waals surface area contributed by atoms with Crippen molar-refractivity contribution in [1.29, 1.82) is 0 Å². The lowest BCUT2D eigenvalue weighted by Gasteiger charge is -2.34. The van der Waals surface area contributed by atoms with Crippen molar-refractivity contribution in [3.8, 4) is 0 Å². The molecule has 1 aliphatic carbocycles. The SMILES string of the molecule is CC1CCCC(NC(=O)CN2CCN(CCN)CC2)C1. The van der Waals surface area contributed by atoms with Gasteiger partial charge in [-0.3, -0.25) is 14.6 Å². The maximum absolute atomic E-state index is 12.1. The molecule has 20 heavy (non-hydrogen) atoms. The lowest BCUT2D eigenvalue weighted by Crippen LogP contribution is -2.51. The third-order valence-corrected chi connectivity index (χ3v) is 4.58. The van der Waals surface area contributed by atoms with Gasteiger partial charge in [0.05, 0.1) is 6.54 Å². The van der Waals surface area contributed by atoms with Gasteiger partial charge in [-0.05, 0) is 18.8 Å². The van der Waals surface area contributed by atoms with E-state index in [1.54, 1.807) is 0 Å². The maximum Gasteiger partial charge on any atom is 0.234 e. The van der Waals surface area contributed by atoms with Gasteiger partial charge in [0.1, 0.15) is 0 Å². The Kier molecular flexibility index (Phi) is 6.26. The zero-order valence-electron chi connectivity index (χ0n) is 12.8. The van der Waals surface area contributed by atoms with Crippen LogP contribution in [0.3, 0.4) is 0 Å². The van der Waals surface area contributed by atoms with Gasteiger partial charge >= 0.3 is 0 Å². The predicted octanol–water partition coefficient (Wildman–Crippen LogP) is 0.258. The molecule has 0 radical (unpaired) electrons. The van der Waals surface area contributed by atoms with Gasteiger partial charge in [0.2, 0.25) is 5.91 Å². The Morgan fingerprint density at radius 1 is 1.20 bits per heavy atom. The Labute approximate surface area is 122 Å². The van der Waals surface area contributed by atoms with E-state index in [0.29, 0.717) is 12.6 Å². The molecule has 2 rings (SSSR count). The van der Waals surface area contributed by atoms with Gasteiger partial charge in [0.25, 0.3) is 0 Å². The maximum atomic E-state index is 12.1. The fraction of sp³-hybridized carbons (Fsp3) is 0.933. The number of carbonyl (C=O) groups excluding carboxylic acids is 1. The molecule has 1 heterocycles. The van der Waals surface area contributed by atoms with Gasteiger partial charge in [-0.15, -0.1) is 0 Å². The van der Waals surface area contributed by atoms with E-state index in [1.165, 1.54) is 12.8 Å². The average molecular weight is 282 g/mol. The summed E-state index contributed by atoms with van der Waals surface area (Å²) in [6.07, 6.45) is 4.87. The van der Waals surface area contributed by atoms with Crippen molar-refractivity contribution in [2.45, 2.75) is 38.6 Å². The topological polar surface area (TPSA) is 61.6 Å². The van der Waals surface area contributed by atoms with E-state index in [4.69, 9.17) is 5.73 Å². The Hall–Kier alpha value is -0.650. The molecule has 1 amide bonds. The molecule has 5 nitrogen and oxygen atoms in total. The van der Waals surface area contributed by atoms with Crippen LogP contribution in [-0.2, 0) is 4.79 Å². The predicted molar refractivity (Wildman–Crippen MR) is 81.5 cm³/mol. The van der Waals surface area contributed by atoms with E-state index >= 15 is 0 Å². The zero-order valence-corrected chi connectivity index (χ0v) is 12.8. The highest BCUT2D eigenvalue weighted by Gasteiger charge is 2.22. The summed E-state index contributed by atoms with van der Waals surface area (Å²) in [5, 5.41) is 3.22. The van der Waals surface area contributed by atoms with Crippen LogP contribution in [0.25, 0.3) is 0 Å². The highest BCUT2D eigenvalue weighted by Crippen LogP contribution is 2.23. The molecular formula is C15H30N4O. The molecule has 1 saturated heterocycles. The van der Waals surface area contributed by atoms with Crippen molar-refractivity contribution in [1.82, 2.24) is 15.1 Å². The molecule has 1 aliphatic heterocycles. The molecule has 0 aromatic heterocycles. The number of nitrogens with two attached hydrogens (primary N) is 1. The van der Waals surface area contributed by atoms with E-state index in [1.807, 2.05) is 0 Å². The van der Waals surface area contributed by atoms with Crippen LogP contribution in [0.5, 0.6) is 0 Å². The monoisotopic (exact) mass is 282 g/mol. The number of hydrogen-bond donors (Lipinski definition) is 2. The first-order chi connectivity index (χ1) is 9.67. The van der Waals surface area contributed by atoms with Crippen LogP contribution in [0.2, 0.25) is 0 Å². The molecule has 0 aromatic carbocycles. The molecular weight excluding hydrogens is 252 g/mol. The van der Waals surface area contributed by atoms with Crippen LogP contribution in [0.15, 0.2) is 0 Å². The first-order valence-corrected chi connectivity index (χ1v) is 8.11. The molecule has 5 heteroatoms. The van der Waals surface area contributed by atoms with Crippen molar-refractivity contribution in [3.63, 3.8) is 0 Å². The minimum absolute atomic E-state index is 0.205. The Morgan fingerprint density at radius 3 is 2.55 bits per heavy atom. The van der Waals surface area contributed by atoms with Crippen LogP contribution in [0, 0.1) is 5.92 Å². The molecule has 2 fully saturated rings. The summed E-state index contributed by atoms with van der Waals surface area (Å²) < 4.78 is 0. The van der Waals surface area contributed by atoms with Crippen molar-refractivity contribution in [2.24, 2.45) is 11.7 Å². The van der Waals surface area contributed by atoms with Crippen LogP contribution >= 0.6 is 0 Å². The van der Waals surface area contributed by atoms with Gasteiger partial charge in [-0.1, -0.05) is 19.8 Å². The van der Waals surface area contributed by atoms with Gasteiger partial charge in [-0.2, -0.15) is 0 Å². The lowest BCUT2D eigenvalue weighted by molar-refractivity contribution is -0.123. The minimum Gasteiger partial charge on any atom is -0.352 e. The van der Waals surface area contributed by atoms with Crippen LogP contribution in [0.4, 0.5) is 0 Å². The zero-order chi connectivity index (χ0) is 14.4. The molecule has 116 valence electrons. The quantitative estimate of drug-likeness (QED) is 0.759. The highest BCUT2D eigenvalue weighted by atomic mass is 16.2. The van der Waals surface area contributed by atoms with E-state index in [9.17, 15) is 4.79 Å². The van der Waals surface area contributed by atoms with Gasteiger partial charge in [0, 0.05) is 45.3 Å². The number of hydrogen-bond acceptors (Lipinski definition) is 4. The number of nitrogens with zero attached hydrogens (tertiary/aromatic N) is 2. The number of carbonyl (C=O) groups is 1. The molecule has 2 atom stereocenters. The number of amides is 1. The third kappa shape index (κ3) is 5.04. The van der Waals surface area contributed by atoms with Crippen molar-refractivity contribution < 1.29 is 4.79 Å². The fourth-order valence-corrected chi connectivity index (χ4v) is 3.40. The van der Waals surface area contributed by atoms with E-state index in [0.717, 1.165) is 58.0 Å². The molecule has 3 N–H and O–H groups in total. The summed E-state index contributed by atoms with van der Waals surface area (Å²) in [7, 11) is 0. The molecule has 0 spiro atoms. The second-order valence-electron chi connectivity index (χ2n) is 6.44. The molecule has 2 aliphatic rings. The highest BCUT2D eigenvalue weighted by molar-refractivity contribution is 5.78. The van der Waals surface area contributed by atoms with Gasteiger partial charge in [-0.25, -0.2) is 0 Å². The second-order valence-corrected chi connectivity index (χ2v) is 6.44. The van der Waals surface area contributed by atoms with Crippen LogP contribution in [0.1, 0.15) is 32.6 Å². The summed E-state index contributed by atoms with van der Waals surface area (Å²) in [6, 6.07) is 0.407. The van der Waals surface area contributed by atoms with Gasteiger partial charge in [0.15, 0.2) is 0 Å². The Morgan fingerprint density at radius 2 is 1.90 bits per heavy atom. The third-order valence-electron chi connectivity index (χ3n) is 4.58. The smallest absolute Gasteiger partial charge is 0.234 e. The normalized spacial score (nSPS) is 29.3. The van der Waals surface area contributed by atoms with E-state index in [2.05, 4.69) is 22.0 Å². The average Bonchev–Trinajstić information content (AvgIpc) is 2.41.